The Hall–Kier alpha value is -2.08. The van der Waals surface area contributed by atoms with Crippen LogP contribution >= 0.6 is 11.6 Å². The number of aryl methyl sites for hydroxylation is 1. The van der Waals surface area contributed by atoms with Crippen molar-refractivity contribution in [3.05, 3.63) is 41.3 Å². The molecule has 0 saturated heterocycles. The highest BCUT2D eigenvalue weighted by Gasteiger charge is 2.07. The second-order valence-corrected chi connectivity index (χ2v) is 4.31. The average Bonchev–Trinajstić information content (AvgIpc) is 2.87. The Morgan fingerprint density at radius 1 is 1.47 bits per heavy atom. The van der Waals surface area contributed by atoms with Crippen molar-refractivity contribution in [2.45, 2.75) is 13.0 Å². The molecule has 19 heavy (non-hydrogen) atoms. The van der Waals surface area contributed by atoms with E-state index in [2.05, 4.69) is 15.4 Å². The number of hydrogen-bond donors (Lipinski definition) is 2. The monoisotopic (exact) mass is 280 g/mol. The fourth-order valence-electron chi connectivity index (χ4n) is 1.60. The number of anilines is 1. The summed E-state index contributed by atoms with van der Waals surface area (Å²) in [4.78, 5) is 14.9. The minimum atomic E-state index is -1.02. The van der Waals surface area contributed by atoms with Gasteiger partial charge in [0, 0.05) is 25.5 Å². The van der Waals surface area contributed by atoms with Gasteiger partial charge in [0.05, 0.1) is 5.56 Å². The second-order valence-electron chi connectivity index (χ2n) is 3.92. The zero-order chi connectivity index (χ0) is 13.7. The highest BCUT2D eigenvalue weighted by Crippen LogP contribution is 2.14. The molecule has 0 saturated carbocycles. The van der Waals surface area contributed by atoms with Gasteiger partial charge in [-0.05, 0) is 24.6 Å². The molecular weight excluding hydrogens is 268 g/mol. The summed E-state index contributed by atoms with van der Waals surface area (Å²) in [5.41, 5.74) is 0.120. The molecule has 0 aromatic carbocycles. The Morgan fingerprint density at radius 3 is 3.00 bits per heavy atom. The lowest BCUT2D eigenvalue weighted by atomic mass is 10.2. The summed E-state index contributed by atoms with van der Waals surface area (Å²) in [5, 5.41) is 16.2. The van der Waals surface area contributed by atoms with Gasteiger partial charge in [-0.2, -0.15) is 5.10 Å². The van der Waals surface area contributed by atoms with E-state index in [0.717, 1.165) is 13.0 Å². The van der Waals surface area contributed by atoms with Crippen LogP contribution in [-0.2, 0) is 6.54 Å². The third-order valence-electron chi connectivity index (χ3n) is 2.47. The Labute approximate surface area is 115 Å². The molecule has 0 fully saturated rings. The third kappa shape index (κ3) is 3.96. The van der Waals surface area contributed by atoms with E-state index in [1.54, 1.807) is 6.20 Å². The maximum absolute atomic E-state index is 10.9. The molecule has 2 N–H and O–H groups in total. The number of carboxylic acid groups (broad SMARTS) is 1. The third-order valence-corrected chi connectivity index (χ3v) is 2.66. The van der Waals surface area contributed by atoms with Crippen LogP contribution in [0.2, 0.25) is 5.15 Å². The number of carbonyl (C=O) groups is 1. The molecule has 2 aromatic heterocycles. The molecule has 0 atom stereocenters. The molecule has 0 spiro atoms. The molecule has 100 valence electrons. The van der Waals surface area contributed by atoms with Gasteiger partial charge in [-0.15, -0.1) is 0 Å². The van der Waals surface area contributed by atoms with Crippen LogP contribution in [0.4, 0.5) is 5.82 Å². The number of carboxylic acids is 1. The van der Waals surface area contributed by atoms with E-state index in [4.69, 9.17) is 16.7 Å². The molecule has 0 unspecified atom stereocenters. The molecule has 0 amide bonds. The lowest BCUT2D eigenvalue weighted by Gasteiger charge is -2.07. The van der Waals surface area contributed by atoms with Crippen molar-refractivity contribution in [3.8, 4) is 0 Å². The normalized spacial score (nSPS) is 10.4. The number of hydrogen-bond acceptors (Lipinski definition) is 4. The molecule has 0 radical (unpaired) electrons. The Kier molecular flexibility index (Phi) is 4.35. The summed E-state index contributed by atoms with van der Waals surface area (Å²) in [7, 11) is 0. The summed E-state index contributed by atoms with van der Waals surface area (Å²) >= 11 is 5.76. The molecule has 2 heterocycles. The summed E-state index contributed by atoms with van der Waals surface area (Å²) in [5.74, 6) is -0.561. The van der Waals surface area contributed by atoms with E-state index in [-0.39, 0.29) is 10.7 Å². The van der Waals surface area contributed by atoms with Crippen LogP contribution in [-0.4, -0.2) is 32.4 Å². The van der Waals surface area contributed by atoms with E-state index < -0.39 is 5.97 Å². The van der Waals surface area contributed by atoms with Crippen LogP contribution in [0.3, 0.4) is 0 Å². The van der Waals surface area contributed by atoms with Gasteiger partial charge in [-0.3, -0.25) is 4.68 Å². The van der Waals surface area contributed by atoms with E-state index in [1.807, 2.05) is 16.9 Å². The van der Waals surface area contributed by atoms with Crippen molar-refractivity contribution in [2.24, 2.45) is 0 Å². The topological polar surface area (TPSA) is 80.0 Å². The Bertz CT molecular complexity index is 557. The Morgan fingerprint density at radius 2 is 2.32 bits per heavy atom. The van der Waals surface area contributed by atoms with Gasteiger partial charge < -0.3 is 10.4 Å². The number of aromatic carboxylic acids is 1. The first-order valence-electron chi connectivity index (χ1n) is 5.77. The predicted octanol–water partition coefficient (Wildman–Crippen LogP) is 2.13. The van der Waals surface area contributed by atoms with E-state index in [1.165, 1.54) is 12.1 Å². The van der Waals surface area contributed by atoms with Gasteiger partial charge in [0.2, 0.25) is 0 Å². The molecule has 2 aromatic rings. The minimum absolute atomic E-state index is 0.120. The quantitative estimate of drug-likeness (QED) is 0.626. The first-order valence-corrected chi connectivity index (χ1v) is 6.15. The van der Waals surface area contributed by atoms with Crippen molar-refractivity contribution in [3.63, 3.8) is 0 Å². The maximum atomic E-state index is 10.9. The van der Waals surface area contributed by atoms with Crippen molar-refractivity contribution in [2.75, 3.05) is 11.9 Å². The minimum Gasteiger partial charge on any atom is -0.478 e. The zero-order valence-corrected chi connectivity index (χ0v) is 10.8. The average molecular weight is 281 g/mol. The molecule has 0 bridgehead atoms. The highest BCUT2D eigenvalue weighted by molar-refractivity contribution is 6.29. The fourth-order valence-corrected chi connectivity index (χ4v) is 1.81. The van der Waals surface area contributed by atoms with Crippen LogP contribution in [0.5, 0.6) is 0 Å². The fraction of sp³-hybridized carbons (Fsp3) is 0.250. The molecule has 0 aliphatic heterocycles. The Balaban J connectivity index is 1.87. The van der Waals surface area contributed by atoms with Gasteiger partial charge in [0.1, 0.15) is 11.0 Å². The van der Waals surface area contributed by atoms with Gasteiger partial charge in [-0.25, -0.2) is 9.78 Å². The van der Waals surface area contributed by atoms with Crippen molar-refractivity contribution in [1.29, 1.82) is 0 Å². The van der Waals surface area contributed by atoms with Gasteiger partial charge >= 0.3 is 5.97 Å². The summed E-state index contributed by atoms with van der Waals surface area (Å²) < 4.78 is 1.83. The number of nitrogens with zero attached hydrogens (tertiary/aromatic N) is 3. The largest absolute Gasteiger partial charge is 0.478 e. The van der Waals surface area contributed by atoms with Gasteiger partial charge in [-0.1, -0.05) is 11.6 Å². The van der Waals surface area contributed by atoms with E-state index in [0.29, 0.717) is 12.4 Å². The summed E-state index contributed by atoms with van der Waals surface area (Å²) in [6.07, 6.45) is 4.46. The number of halogens is 1. The number of aromatic nitrogens is 3. The number of nitrogens with one attached hydrogen (secondary N) is 1. The van der Waals surface area contributed by atoms with Crippen LogP contribution in [0, 0.1) is 0 Å². The lowest BCUT2D eigenvalue weighted by molar-refractivity contribution is 0.0697. The van der Waals surface area contributed by atoms with Gasteiger partial charge in [0.15, 0.2) is 0 Å². The molecule has 6 nitrogen and oxygen atoms in total. The number of rotatable bonds is 6. The second kappa shape index (κ2) is 6.19. The SMILES string of the molecule is O=C(O)c1cc(Cl)nc(NCCCn2cccn2)c1. The molecule has 0 aliphatic carbocycles. The summed E-state index contributed by atoms with van der Waals surface area (Å²) in [6.45, 7) is 1.44. The van der Waals surface area contributed by atoms with Crippen LogP contribution in [0.1, 0.15) is 16.8 Å². The van der Waals surface area contributed by atoms with Crippen LogP contribution in [0.15, 0.2) is 30.6 Å². The molecule has 2 rings (SSSR count). The van der Waals surface area contributed by atoms with E-state index in [9.17, 15) is 4.79 Å². The maximum Gasteiger partial charge on any atom is 0.335 e. The first kappa shape index (κ1) is 13.4. The number of pyridine rings is 1. The van der Waals surface area contributed by atoms with Crippen molar-refractivity contribution < 1.29 is 9.90 Å². The van der Waals surface area contributed by atoms with Gasteiger partial charge in [0.25, 0.3) is 0 Å². The van der Waals surface area contributed by atoms with Crippen molar-refractivity contribution in [1.82, 2.24) is 14.8 Å². The lowest BCUT2D eigenvalue weighted by Crippen LogP contribution is -2.09. The first-order chi connectivity index (χ1) is 9.15. The zero-order valence-electron chi connectivity index (χ0n) is 10.1. The highest BCUT2D eigenvalue weighted by atomic mass is 35.5. The molecular formula is C12H13ClN4O2. The molecule has 7 heteroatoms. The van der Waals surface area contributed by atoms with E-state index >= 15 is 0 Å². The molecule has 0 aliphatic rings. The standard InChI is InChI=1S/C12H13ClN4O2/c13-10-7-9(12(18)19)8-11(16-10)14-3-1-5-17-6-2-4-15-17/h2,4,6-8H,1,3,5H2,(H,14,16)(H,18,19). The predicted molar refractivity (Wildman–Crippen MR) is 71.5 cm³/mol. The van der Waals surface area contributed by atoms with Crippen LogP contribution < -0.4 is 5.32 Å². The van der Waals surface area contributed by atoms with Crippen LogP contribution in [0.25, 0.3) is 0 Å². The van der Waals surface area contributed by atoms with Crippen molar-refractivity contribution >= 4 is 23.4 Å². The summed E-state index contributed by atoms with van der Waals surface area (Å²) in [6, 6.07) is 4.64. The smallest absolute Gasteiger partial charge is 0.335 e.